The molecule has 0 bridgehead atoms. The van der Waals surface area contributed by atoms with E-state index in [0.29, 0.717) is 23.0 Å². The van der Waals surface area contributed by atoms with Gasteiger partial charge in [-0.15, -0.1) is 0 Å². The largest absolute Gasteiger partial charge is 0.456 e. The van der Waals surface area contributed by atoms with Crippen LogP contribution < -0.4 is 5.73 Å². The third kappa shape index (κ3) is 3.10. The maximum atomic E-state index is 13.6. The van der Waals surface area contributed by atoms with E-state index in [9.17, 15) is 9.18 Å². The Balaban J connectivity index is 1.73. The summed E-state index contributed by atoms with van der Waals surface area (Å²) in [6.45, 7) is -0.111. The first kappa shape index (κ1) is 14.1. The van der Waals surface area contributed by atoms with Crippen LogP contribution in [0.1, 0.15) is 34.9 Å². The molecule has 1 heterocycles. The molecule has 1 saturated carbocycles. The Morgan fingerprint density at radius 2 is 2.19 bits per heavy atom. The number of carbonyl (C=O) groups excluding carboxylic acids is 1. The number of ether oxygens (including phenoxy) is 1. The summed E-state index contributed by atoms with van der Waals surface area (Å²) >= 11 is 3.26. The monoisotopic (exact) mass is 352 g/mol. The van der Waals surface area contributed by atoms with Crippen LogP contribution in [0.4, 0.5) is 10.1 Å². The number of anilines is 1. The van der Waals surface area contributed by atoms with Crippen LogP contribution in [-0.4, -0.2) is 10.5 Å². The lowest BCUT2D eigenvalue weighted by molar-refractivity contribution is 0.0456. The lowest BCUT2D eigenvalue weighted by atomic mass is 10.2. The Bertz CT molecular complexity index is 695. The van der Waals surface area contributed by atoms with E-state index in [-0.39, 0.29) is 6.61 Å². The van der Waals surface area contributed by atoms with Gasteiger partial charge in [-0.05, 0) is 37.1 Å². The van der Waals surface area contributed by atoms with Gasteiger partial charge in [-0.25, -0.2) is 9.18 Å². The van der Waals surface area contributed by atoms with Gasteiger partial charge in [-0.2, -0.15) is 0 Å². The van der Waals surface area contributed by atoms with E-state index in [1.807, 2.05) is 4.57 Å². The van der Waals surface area contributed by atoms with Gasteiger partial charge in [0, 0.05) is 22.3 Å². The Morgan fingerprint density at radius 1 is 1.43 bits per heavy atom. The standard InChI is InChI=1S/C15H14BrFN2O2/c16-10-1-4-13(17)9(5-10)8-21-15(20)14-6-11(18)7-19(14)12-2-3-12/h1,4-7,12H,2-3,8,18H2. The van der Waals surface area contributed by atoms with Gasteiger partial charge in [0.05, 0.1) is 5.69 Å². The summed E-state index contributed by atoms with van der Waals surface area (Å²) in [5, 5.41) is 0. The lowest BCUT2D eigenvalue weighted by Gasteiger charge is -2.09. The average Bonchev–Trinajstić information content (AvgIpc) is 3.22. The molecule has 0 aliphatic heterocycles. The molecule has 2 N–H and O–H groups in total. The highest BCUT2D eigenvalue weighted by Gasteiger charge is 2.28. The predicted octanol–water partition coefficient (Wildman–Crippen LogP) is 3.66. The summed E-state index contributed by atoms with van der Waals surface area (Å²) in [5.41, 5.74) is 7.02. The number of rotatable bonds is 4. The minimum Gasteiger partial charge on any atom is -0.456 e. The van der Waals surface area contributed by atoms with Crippen molar-refractivity contribution in [1.29, 1.82) is 0 Å². The Morgan fingerprint density at radius 3 is 2.90 bits per heavy atom. The molecule has 3 rings (SSSR count). The number of aromatic nitrogens is 1. The highest BCUT2D eigenvalue weighted by molar-refractivity contribution is 9.10. The van der Waals surface area contributed by atoms with Crippen molar-refractivity contribution in [3.05, 3.63) is 52.0 Å². The Hall–Kier alpha value is -1.82. The van der Waals surface area contributed by atoms with Crippen LogP contribution in [-0.2, 0) is 11.3 Å². The zero-order valence-electron chi connectivity index (χ0n) is 11.2. The maximum absolute atomic E-state index is 13.6. The molecule has 0 unspecified atom stereocenters. The molecule has 1 aromatic carbocycles. The number of nitrogens with two attached hydrogens (primary N) is 1. The van der Waals surface area contributed by atoms with Crippen molar-refractivity contribution < 1.29 is 13.9 Å². The summed E-state index contributed by atoms with van der Waals surface area (Å²) in [7, 11) is 0. The minimum atomic E-state index is -0.488. The molecular weight excluding hydrogens is 339 g/mol. The fourth-order valence-corrected chi connectivity index (χ4v) is 2.60. The third-order valence-corrected chi connectivity index (χ3v) is 3.88. The lowest BCUT2D eigenvalue weighted by Crippen LogP contribution is -2.11. The zero-order valence-corrected chi connectivity index (χ0v) is 12.8. The highest BCUT2D eigenvalue weighted by atomic mass is 79.9. The first-order valence-corrected chi connectivity index (χ1v) is 7.42. The molecule has 21 heavy (non-hydrogen) atoms. The molecule has 1 aromatic heterocycles. The number of halogens is 2. The van der Waals surface area contributed by atoms with Crippen molar-refractivity contribution in [3.8, 4) is 0 Å². The summed E-state index contributed by atoms with van der Waals surface area (Å²) < 4.78 is 21.4. The number of hydrogen-bond acceptors (Lipinski definition) is 3. The van der Waals surface area contributed by atoms with Gasteiger partial charge in [0.2, 0.25) is 0 Å². The van der Waals surface area contributed by atoms with Crippen LogP contribution >= 0.6 is 15.9 Å². The number of esters is 1. The van der Waals surface area contributed by atoms with Crippen molar-refractivity contribution >= 4 is 27.6 Å². The molecular formula is C15H14BrFN2O2. The molecule has 0 amide bonds. The van der Waals surface area contributed by atoms with Gasteiger partial charge < -0.3 is 15.0 Å². The summed E-state index contributed by atoms with van der Waals surface area (Å²) in [6.07, 6.45) is 3.82. The smallest absolute Gasteiger partial charge is 0.355 e. The summed E-state index contributed by atoms with van der Waals surface area (Å²) in [6, 6.07) is 6.44. The van der Waals surface area contributed by atoms with Crippen molar-refractivity contribution in [1.82, 2.24) is 4.57 Å². The number of benzene rings is 1. The fraction of sp³-hybridized carbons (Fsp3) is 0.267. The molecule has 0 radical (unpaired) electrons. The Labute approximate surface area is 129 Å². The van der Waals surface area contributed by atoms with E-state index in [1.165, 1.54) is 6.07 Å². The van der Waals surface area contributed by atoms with Crippen LogP contribution in [0.5, 0.6) is 0 Å². The predicted molar refractivity (Wildman–Crippen MR) is 80.3 cm³/mol. The quantitative estimate of drug-likeness (QED) is 0.854. The van der Waals surface area contributed by atoms with Gasteiger partial charge in [-0.3, -0.25) is 0 Å². The van der Waals surface area contributed by atoms with Crippen LogP contribution in [0, 0.1) is 5.82 Å². The van der Waals surface area contributed by atoms with Crippen LogP contribution in [0.3, 0.4) is 0 Å². The van der Waals surface area contributed by atoms with Crippen LogP contribution in [0.2, 0.25) is 0 Å². The normalized spacial score (nSPS) is 14.2. The number of nitrogens with zero attached hydrogens (tertiary/aromatic N) is 1. The molecule has 1 aliphatic rings. The first-order valence-electron chi connectivity index (χ1n) is 6.63. The van der Waals surface area contributed by atoms with Crippen molar-refractivity contribution in [2.45, 2.75) is 25.5 Å². The van der Waals surface area contributed by atoms with E-state index >= 15 is 0 Å². The van der Waals surface area contributed by atoms with Gasteiger partial charge in [0.1, 0.15) is 18.1 Å². The van der Waals surface area contributed by atoms with Gasteiger partial charge in [0.15, 0.2) is 0 Å². The second-order valence-electron chi connectivity index (χ2n) is 5.11. The van der Waals surface area contributed by atoms with Gasteiger partial charge >= 0.3 is 5.97 Å². The highest BCUT2D eigenvalue weighted by Crippen LogP contribution is 2.37. The SMILES string of the molecule is Nc1cc(C(=O)OCc2cc(Br)ccc2F)n(C2CC2)c1. The van der Waals surface area contributed by atoms with Crippen LogP contribution in [0.25, 0.3) is 0 Å². The molecule has 1 aliphatic carbocycles. The second-order valence-corrected chi connectivity index (χ2v) is 6.02. The molecule has 1 fully saturated rings. The van der Waals surface area contributed by atoms with E-state index in [4.69, 9.17) is 10.5 Å². The zero-order chi connectivity index (χ0) is 15.0. The molecule has 110 valence electrons. The minimum absolute atomic E-state index is 0.111. The number of hydrogen-bond donors (Lipinski definition) is 1. The Kier molecular flexibility index (Phi) is 3.71. The third-order valence-electron chi connectivity index (χ3n) is 3.39. The summed E-state index contributed by atoms with van der Waals surface area (Å²) in [4.78, 5) is 12.1. The van der Waals surface area contributed by atoms with Crippen LogP contribution in [0.15, 0.2) is 34.9 Å². The van der Waals surface area contributed by atoms with Crippen molar-refractivity contribution in [2.24, 2.45) is 0 Å². The molecule has 0 spiro atoms. The van der Waals surface area contributed by atoms with E-state index in [1.54, 1.807) is 24.4 Å². The topological polar surface area (TPSA) is 57.3 Å². The molecule has 2 aromatic rings. The first-order chi connectivity index (χ1) is 10.0. The average molecular weight is 353 g/mol. The molecule has 6 heteroatoms. The van der Waals surface area contributed by atoms with Crippen molar-refractivity contribution in [3.63, 3.8) is 0 Å². The molecule has 0 atom stereocenters. The number of nitrogen functional groups attached to an aromatic ring is 1. The number of carbonyl (C=O) groups is 1. The molecule has 4 nitrogen and oxygen atoms in total. The molecule has 0 saturated heterocycles. The van der Waals surface area contributed by atoms with E-state index in [0.717, 1.165) is 17.3 Å². The maximum Gasteiger partial charge on any atom is 0.355 e. The van der Waals surface area contributed by atoms with Gasteiger partial charge in [0.25, 0.3) is 0 Å². The summed E-state index contributed by atoms with van der Waals surface area (Å²) in [5.74, 6) is -0.888. The van der Waals surface area contributed by atoms with Crippen molar-refractivity contribution in [2.75, 3.05) is 5.73 Å². The fourth-order valence-electron chi connectivity index (χ4n) is 2.19. The van der Waals surface area contributed by atoms with E-state index < -0.39 is 11.8 Å². The van der Waals surface area contributed by atoms with Gasteiger partial charge in [-0.1, -0.05) is 15.9 Å². The van der Waals surface area contributed by atoms with E-state index in [2.05, 4.69) is 15.9 Å². The second kappa shape index (κ2) is 5.52.